The van der Waals surface area contributed by atoms with Crippen molar-refractivity contribution >= 4 is 21.4 Å². The van der Waals surface area contributed by atoms with Crippen LogP contribution in [-0.2, 0) is 9.84 Å². The molecule has 0 bridgehead atoms. The van der Waals surface area contributed by atoms with Crippen molar-refractivity contribution in [1.29, 1.82) is 0 Å². The summed E-state index contributed by atoms with van der Waals surface area (Å²) in [6.45, 7) is 1.62. The highest BCUT2D eigenvalue weighted by Gasteiger charge is 2.23. The highest BCUT2D eigenvalue weighted by Crippen LogP contribution is 2.16. The van der Waals surface area contributed by atoms with Gasteiger partial charge in [-0.15, -0.1) is 11.6 Å². The van der Waals surface area contributed by atoms with Crippen LogP contribution in [-0.4, -0.2) is 25.0 Å². The van der Waals surface area contributed by atoms with E-state index in [0.29, 0.717) is 12.3 Å². The molecular formula is C9H10ClF2NO2S. The Morgan fingerprint density at radius 2 is 2.12 bits per heavy atom. The number of aromatic nitrogens is 1. The number of halogens is 3. The van der Waals surface area contributed by atoms with Crippen LogP contribution in [0.25, 0.3) is 0 Å². The lowest BCUT2D eigenvalue weighted by Gasteiger charge is -2.08. The molecule has 1 heterocycles. The monoisotopic (exact) mass is 269 g/mol. The fourth-order valence-corrected chi connectivity index (χ4v) is 2.96. The summed E-state index contributed by atoms with van der Waals surface area (Å²) in [4.78, 5) is 3.26. The number of pyridine rings is 1. The molecule has 0 radical (unpaired) electrons. The number of rotatable bonds is 4. The lowest BCUT2D eigenvalue weighted by Crippen LogP contribution is -2.17. The maximum absolute atomic E-state index is 13.2. The first-order valence-electron chi connectivity index (χ1n) is 4.46. The third-order valence-electron chi connectivity index (χ3n) is 1.84. The van der Waals surface area contributed by atoms with Crippen molar-refractivity contribution in [2.75, 3.05) is 11.6 Å². The molecule has 1 aromatic heterocycles. The van der Waals surface area contributed by atoms with Crippen LogP contribution in [0.15, 0.2) is 17.3 Å². The molecule has 1 aromatic rings. The molecule has 0 spiro atoms. The molecule has 0 fully saturated rings. The van der Waals surface area contributed by atoms with Gasteiger partial charge in [0.2, 0.25) is 0 Å². The Hall–Kier alpha value is -0.750. The number of hydrogen-bond donors (Lipinski definition) is 0. The van der Waals surface area contributed by atoms with E-state index in [1.54, 1.807) is 6.92 Å². The third-order valence-corrected chi connectivity index (χ3v) is 4.26. The predicted molar refractivity (Wildman–Crippen MR) is 56.1 cm³/mol. The molecule has 3 nitrogen and oxygen atoms in total. The van der Waals surface area contributed by atoms with E-state index in [9.17, 15) is 17.2 Å². The van der Waals surface area contributed by atoms with Gasteiger partial charge in [-0.2, -0.15) is 0 Å². The molecule has 1 unspecified atom stereocenters. The normalized spacial score (nSPS) is 13.8. The van der Waals surface area contributed by atoms with Crippen LogP contribution in [0.2, 0.25) is 0 Å². The van der Waals surface area contributed by atoms with E-state index in [1.807, 2.05) is 0 Å². The number of nitrogens with zero attached hydrogens (tertiary/aromatic N) is 1. The van der Waals surface area contributed by atoms with E-state index in [4.69, 9.17) is 11.6 Å². The van der Waals surface area contributed by atoms with Crippen LogP contribution in [0.4, 0.5) is 8.78 Å². The average molecular weight is 270 g/mol. The zero-order chi connectivity index (χ0) is 12.3. The van der Waals surface area contributed by atoms with Crippen LogP contribution < -0.4 is 0 Å². The zero-order valence-corrected chi connectivity index (χ0v) is 10.0. The van der Waals surface area contributed by atoms with E-state index in [0.717, 1.165) is 0 Å². The van der Waals surface area contributed by atoms with E-state index in [-0.39, 0.29) is 17.6 Å². The molecule has 0 saturated heterocycles. The summed E-state index contributed by atoms with van der Waals surface area (Å²) in [5.41, 5.74) is 0. The lowest BCUT2D eigenvalue weighted by molar-refractivity contribution is 0.527. The Balaban J connectivity index is 3.08. The van der Waals surface area contributed by atoms with Crippen molar-refractivity contribution in [3.8, 4) is 0 Å². The molecule has 0 N–H and O–H groups in total. The Morgan fingerprint density at radius 1 is 1.50 bits per heavy atom. The van der Waals surface area contributed by atoms with Gasteiger partial charge in [-0.25, -0.2) is 22.2 Å². The third kappa shape index (κ3) is 3.12. The molecular weight excluding hydrogens is 260 g/mol. The van der Waals surface area contributed by atoms with Crippen LogP contribution >= 0.6 is 11.6 Å². The number of hydrogen-bond acceptors (Lipinski definition) is 3. The lowest BCUT2D eigenvalue weighted by atomic mass is 10.3. The van der Waals surface area contributed by atoms with Gasteiger partial charge in [-0.3, -0.25) is 0 Å². The van der Waals surface area contributed by atoms with Crippen LogP contribution in [0.5, 0.6) is 0 Å². The van der Waals surface area contributed by atoms with Gasteiger partial charge in [-0.05, 0) is 5.92 Å². The minimum atomic E-state index is -3.86. The highest BCUT2D eigenvalue weighted by atomic mass is 35.5. The molecule has 16 heavy (non-hydrogen) atoms. The summed E-state index contributed by atoms with van der Waals surface area (Å²) in [6, 6.07) is 0.491. The van der Waals surface area contributed by atoms with Gasteiger partial charge in [0.1, 0.15) is 5.82 Å². The second-order valence-electron chi connectivity index (χ2n) is 3.48. The van der Waals surface area contributed by atoms with Crippen molar-refractivity contribution in [3.63, 3.8) is 0 Å². The van der Waals surface area contributed by atoms with E-state index >= 15 is 0 Å². The van der Waals surface area contributed by atoms with Gasteiger partial charge in [-0.1, -0.05) is 6.92 Å². The van der Waals surface area contributed by atoms with Crippen molar-refractivity contribution in [2.45, 2.75) is 11.9 Å². The summed E-state index contributed by atoms with van der Waals surface area (Å²) in [5.74, 6) is -2.59. The van der Waals surface area contributed by atoms with E-state index in [2.05, 4.69) is 4.98 Å². The molecule has 0 amide bonds. The predicted octanol–water partition coefficient (Wildman–Crippen LogP) is 2.01. The molecule has 0 aliphatic carbocycles. The second-order valence-corrected chi connectivity index (χ2v) is 5.74. The van der Waals surface area contributed by atoms with Gasteiger partial charge in [0.05, 0.1) is 11.9 Å². The highest BCUT2D eigenvalue weighted by molar-refractivity contribution is 7.91. The van der Waals surface area contributed by atoms with Crippen LogP contribution in [0, 0.1) is 17.6 Å². The molecule has 7 heteroatoms. The minimum absolute atomic E-state index is 0.141. The fraction of sp³-hybridized carbons (Fsp3) is 0.444. The average Bonchev–Trinajstić information content (AvgIpc) is 2.16. The van der Waals surface area contributed by atoms with Crippen molar-refractivity contribution in [1.82, 2.24) is 4.98 Å². The van der Waals surface area contributed by atoms with Crippen LogP contribution in [0.3, 0.4) is 0 Å². The Bertz CT molecular complexity index is 478. The first-order valence-corrected chi connectivity index (χ1v) is 6.65. The van der Waals surface area contributed by atoms with Crippen molar-refractivity contribution < 1.29 is 17.2 Å². The maximum atomic E-state index is 13.2. The smallest absolute Gasteiger partial charge is 0.198 e. The zero-order valence-electron chi connectivity index (χ0n) is 8.45. The number of sulfone groups is 1. The second kappa shape index (κ2) is 5.05. The standard InChI is InChI=1S/C9H10ClF2NO2S/c1-6(3-10)5-16(14,15)9-8(12)2-7(11)4-13-9/h2,4,6H,3,5H2,1H3. The molecule has 1 rings (SSSR count). The molecule has 0 aliphatic rings. The minimum Gasteiger partial charge on any atom is -0.239 e. The number of alkyl halides is 1. The van der Waals surface area contributed by atoms with E-state index < -0.39 is 26.5 Å². The van der Waals surface area contributed by atoms with Gasteiger partial charge < -0.3 is 0 Å². The van der Waals surface area contributed by atoms with Gasteiger partial charge in [0.15, 0.2) is 20.7 Å². The summed E-state index contributed by atoms with van der Waals surface area (Å²) in [7, 11) is -3.86. The largest absolute Gasteiger partial charge is 0.239 e. The van der Waals surface area contributed by atoms with Gasteiger partial charge in [0.25, 0.3) is 0 Å². The first-order chi connectivity index (χ1) is 7.36. The first kappa shape index (κ1) is 13.3. The molecule has 1 atom stereocenters. The fourth-order valence-electron chi connectivity index (χ4n) is 1.13. The summed E-state index contributed by atoms with van der Waals surface area (Å²) in [5, 5.41) is -0.731. The SMILES string of the molecule is CC(CCl)CS(=O)(=O)c1ncc(F)cc1F. The topological polar surface area (TPSA) is 47.0 Å². The molecule has 0 aliphatic heterocycles. The van der Waals surface area contributed by atoms with Crippen LogP contribution in [0.1, 0.15) is 6.92 Å². The Kier molecular flexibility index (Phi) is 4.21. The molecule has 90 valence electrons. The van der Waals surface area contributed by atoms with E-state index in [1.165, 1.54) is 0 Å². The molecule has 0 saturated carbocycles. The van der Waals surface area contributed by atoms with Crippen molar-refractivity contribution in [3.05, 3.63) is 23.9 Å². The molecule has 0 aromatic carbocycles. The van der Waals surface area contributed by atoms with Gasteiger partial charge in [0, 0.05) is 11.9 Å². The summed E-state index contributed by atoms with van der Waals surface area (Å²) < 4.78 is 49.0. The van der Waals surface area contributed by atoms with Gasteiger partial charge >= 0.3 is 0 Å². The summed E-state index contributed by atoms with van der Waals surface area (Å²) in [6.07, 6.45) is 0.668. The van der Waals surface area contributed by atoms with Crippen molar-refractivity contribution in [2.24, 2.45) is 5.92 Å². The quantitative estimate of drug-likeness (QED) is 0.786. The summed E-state index contributed by atoms with van der Waals surface area (Å²) >= 11 is 5.47. The Labute approximate surface area is 97.4 Å². The Morgan fingerprint density at radius 3 is 2.62 bits per heavy atom. The maximum Gasteiger partial charge on any atom is 0.198 e.